The first-order chi connectivity index (χ1) is 9.28. The number of halogens is 1. The average Bonchev–Trinajstić information content (AvgIpc) is 2.84. The van der Waals surface area contributed by atoms with E-state index >= 15 is 0 Å². The van der Waals surface area contributed by atoms with E-state index in [0.29, 0.717) is 12.2 Å². The predicted octanol–water partition coefficient (Wildman–Crippen LogP) is 3.87. The molecule has 0 spiro atoms. The number of nitriles is 1. The number of nitrogens with one attached hydrogen (secondary N) is 1. The van der Waals surface area contributed by atoms with E-state index in [-0.39, 0.29) is 6.04 Å². The van der Waals surface area contributed by atoms with Crippen LogP contribution in [-0.2, 0) is 0 Å². The minimum atomic E-state index is 0.139. The Hall–Kier alpha value is -1.99. The summed E-state index contributed by atoms with van der Waals surface area (Å²) in [5, 5.41) is 12.3. The largest absolute Gasteiger partial charge is 0.491 e. The van der Waals surface area contributed by atoms with Crippen LogP contribution >= 0.6 is 15.9 Å². The van der Waals surface area contributed by atoms with Crippen molar-refractivity contribution >= 4 is 21.6 Å². The first kappa shape index (κ1) is 12.1. The molecule has 2 aromatic carbocycles. The third-order valence-corrected chi connectivity index (χ3v) is 3.78. The van der Waals surface area contributed by atoms with Crippen molar-refractivity contribution in [1.29, 1.82) is 5.26 Å². The molecule has 1 atom stereocenters. The molecule has 0 aliphatic carbocycles. The van der Waals surface area contributed by atoms with E-state index in [0.717, 1.165) is 15.9 Å². The van der Waals surface area contributed by atoms with Gasteiger partial charge in [0.1, 0.15) is 12.4 Å². The Morgan fingerprint density at radius 2 is 2.11 bits per heavy atom. The topological polar surface area (TPSA) is 45.0 Å². The van der Waals surface area contributed by atoms with Crippen LogP contribution in [0.4, 0.5) is 5.69 Å². The lowest BCUT2D eigenvalue weighted by molar-refractivity contribution is 0.340. The highest BCUT2D eigenvalue weighted by Crippen LogP contribution is 2.35. The molecule has 0 fully saturated rings. The van der Waals surface area contributed by atoms with Crippen molar-refractivity contribution in [1.82, 2.24) is 0 Å². The van der Waals surface area contributed by atoms with Crippen LogP contribution in [0.15, 0.2) is 46.9 Å². The molecule has 1 aliphatic heterocycles. The average molecular weight is 315 g/mol. The van der Waals surface area contributed by atoms with E-state index in [1.807, 2.05) is 30.3 Å². The van der Waals surface area contributed by atoms with Crippen LogP contribution in [0.5, 0.6) is 5.75 Å². The van der Waals surface area contributed by atoms with Gasteiger partial charge in [-0.1, -0.05) is 18.2 Å². The van der Waals surface area contributed by atoms with Crippen molar-refractivity contribution in [3.05, 3.63) is 58.1 Å². The summed E-state index contributed by atoms with van der Waals surface area (Å²) in [5.74, 6) is 0.935. The van der Waals surface area contributed by atoms with Crippen LogP contribution in [0.2, 0.25) is 0 Å². The zero-order valence-electron chi connectivity index (χ0n) is 10.1. The molecule has 2 aromatic rings. The second-order valence-corrected chi connectivity index (χ2v) is 5.21. The smallest absolute Gasteiger partial charge is 0.124 e. The van der Waals surface area contributed by atoms with Gasteiger partial charge in [-0.2, -0.15) is 5.26 Å². The summed E-state index contributed by atoms with van der Waals surface area (Å²) >= 11 is 3.48. The lowest BCUT2D eigenvalue weighted by Crippen LogP contribution is -2.12. The van der Waals surface area contributed by atoms with Crippen LogP contribution in [-0.4, -0.2) is 6.61 Å². The minimum absolute atomic E-state index is 0.139. The standard InChI is InChI=1S/C15H11BrN2O/c16-12-7-10(8-17)5-6-13(12)18-14-9-19-15-4-2-1-3-11(14)15/h1-7,14,18H,9H2. The van der Waals surface area contributed by atoms with Crippen molar-refractivity contribution in [2.45, 2.75) is 6.04 Å². The molecule has 1 aliphatic rings. The highest BCUT2D eigenvalue weighted by Gasteiger charge is 2.23. The fourth-order valence-electron chi connectivity index (χ4n) is 2.17. The summed E-state index contributed by atoms with van der Waals surface area (Å²) in [6.07, 6.45) is 0. The van der Waals surface area contributed by atoms with Crippen molar-refractivity contribution in [2.75, 3.05) is 11.9 Å². The van der Waals surface area contributed by atoms with Crippen LogP contribution in [0.3, 0.4) is 0 Å². The maximum absolute atomic E-state index is 8.86. The van der Waals surface area contributed by atoms with Gasteiger partial charge < -0.3 is 10.1 Å². The molecule has 0 bridgehead atoms. The molecule has 3 nitrogen and oxygen atoms in total. The van der Waals surface area contributed by atoms with Crippen molar-refractivity contribution in [3.8, 4) is 11.8 Å². The number of para-hydroxylation sites is 1. The minimum Gasteiger partial charge on any atom is -0.491 e. The Morgan fingerprint density at radius 1 is 1.26 bits per heavy atom. The third kappa shape index (κ3) is 2.29. The Kier molecular flexibility index (Phi) is 3.14. The highest BCUT2D eigenvalue weighted by molar-refractivity contribution is 9.10. The Labute approximate surface area is 120 Å². The molecule has 0 radical (unpaired) electrons. The second-order valence-electron chi connectivity index (χ2n) is 4.35. The summed E-state index contributed by atoms with van der Waals surface area (Å²) < 4.78 is 6.52. The molecule has 1 unspecified atom stereocenters. The third-order valence-electron chi connectivity index (χ3n) is 3.13. The monoisotopic (exact) mass is 314 g/mol. The van der Waals surface area contributed by atoms with Crippen molar-refractivity contribution in [3.63, 3.8) is 0 Å². The summed E-state index contributed by atoms with van der Waals surface area (Å²) in [6.45, 7) is 0.617. The van der Waals surface area contributed by atoms with Gasteiger partial charge in [0.2, 0.25) is 0 Å². The quantitative estimate of drug-likeness (QED) is 0.915. The summed E-state index contributed by atoms with van der Waals surface area (Å²) in [4.78, 5) is 0. The fraction of sp³-hybridized carbons (Fsp3) is 0.133. The van der Waals surface area contributed by atoms with E-state index in [2.05, 4.69) is 33.4 Å². The van der Waals surface area contributed by atoms with Gasteiger partial charge >= 0.3 is 0 Å². The molecule has 3 rings (SSSR count). The molecule has 0 aromatic heterocycles. The van der Waals surface area contributed by atoms with E-state index < -0.39 is 0 Å². The summed E-state index contributed by atoms with van der Waals surface area (Å²) in [5.41, 5.74) is 2.77. The molecule has 1 heterocycles. The maximum atomic E-state index is 8.86. The second kappa shape index (κ2) is 4.94. The van der Waals surface area contributed by atoms with Gasteiger partial charge in [0, 0.05) is 15.7 Å². The lowest BCUT2D eigenvalue weighted by atomic mass is 10.1. The van der Waals surface area contributed by atoms with E-state index in [1.54, 1.807) is 6.07 Å². The van der Waals surface area contributed by atoms with Crippen LogP contribution in [0.1, 0.15) is 17.2 Å². The molecular formula is C15H11BrN2O. The predicted molar refractivity (Wildman–Crippen MR) is 77.2 cm³/mol. The van der Waals surface area contributed by atoms with Crippen molar-refractivity contribution in [2.24, 2.45) is 0 Å². The number of rotatable bonds is 2. The number of ether oxygens (including phenoxy) is 1. The molecule has 1 N–H and O–H groups in total. The number of nitrogens with zero attached hydrogens (tertiary/aromatic N) is 1. The fourth-order valence-corrected chi connectivity index (χ4v) is 2.66. The van der Waals surface area contributed by atoms with Gasteiger partial charge in [-0.25, -0.2) is 0 Å². The van der Waals surface area contributed by atoms with Gasteiger partial charge in [0.25, 0.3) is 0 Å². The van der Waals surface area contributed by atoms with E-state index in [1.165, 1.54) is 5.56 Å². The summed E-state index contributed by atoms with van der Waals surface area (Å²) in [7, 11) is 0. The van der Waals surface area contributed by atoms with Crippen LogP contribution in [0.25, 0.3) is 0 Å². The Balaban J connectivity index is 1.86. The maximum Gasteiger partial charge on any atom is 0.124 e. The Morgan fingerprint density at radius 3 is 2.89 bits per heavy atom. The molecule has 0 saturated heterocycles. The van der Waals surface area contributed by atoms with Gasteiger partial charge in [-0.15, -0.1) is 0 Å². The molecule has 0 amide bonds. The normalized spacial score (nSPS) is 16.3. The van der Waals surface area contributed by atoms with Gasteiger partial charge in [0.05, 0.1) is 17.7 Å². The molecular weight excluding hydrogens is 304 g/mol. The first-order valence-corrected chi connectivity index (χ1v) is 6.75. The zero-order chi connectivity index (χ0) is 13.2. The van der Waals surface area contributed by atoms with Gasteiger partial charge in [-0.05, 0) is 40.2 Å². The zero-order valence-corrected chi connectivity index (χ0v) is 11.6. The highest BCUT2D eigenvalue weighted by atomic mass is 79.9. The van der Waals surface area contributed by atoms with Crippen LogP contribution < -0.4 is 10.1 Å². The lowest BCUT2D eigenvalue weighted by Gasteiger charge is -2.14. The first-order valence-electron chi connectivity index (χ1n) is 5.96. The number of hydrogen-bond acceptors (Lipinski definition) is 3. The number of benzene rings is 2. The number of hydrogen-bond donors (Lipinski definition) is 1. The SMILES string of the molecule is N#Cc1ccc(NC2COc3ccccc32)c(Br)c1. The van der Waals surface area contributed by atoms with Crippen LogP contribution in [0, 0.1) is 11.3 Å². The number of fused-ring (bicyclic) bond motifs is 1. The van der Waals surface area contributed by atoms with E-state index in [4.69, 9.17) is 10.00 Å². The molecule has 0 saturated carbocycles. The molecule has 94 valence electrons. The van der Waals surface area contributed by atoms with Crippen molar-refractivity contribution < 1.29 is 4.74 Å². The van der Waals surface area contributed by atoms with Gasteiger partial charge in [-0.3, -0.25) is 0 Å². The molecule has 19 heavy (non-hydrogen) atoms. The molecule has 4 heteroatoms. The van der Waals surface area contributed by atoms with E-state index in [9.17, 15) is 0 Å². The number of anilines is 1. The Bertz CT molecular complexity index is 663. The summed E-state index contributed by atoms with van der Waals surface area (Å²) in [6, 6.07) is 15.8. The van der Waals surface area contributed by atoms with Gasteiger partial charge in [0.15, 0.2) is 0 Å².